The van der Waals surface area contributed by atoms with Crippen LogP contribution in [0.3, 0.4) is 0 Å². The number of aromatic carboxylic acids is 1. The third-order valence-corrected chi connectivity index (χ3v) is 3.08. The van der Waals surface area contributed by atoms with Gasteiger partial charge in [-0.3, -0.25) is 0 Å². The van der Waals surface area contributed by atoms with Gasteiger partial charge in [0, 0.05) is 5.56 Å². The van der Waals surface area contributed by atoms with E-state index in [0.717, 1.165) is 0 Å². The van der Waals surface area contributed by atoms with Gasteiger partial charge in [-0.1, -0.05) is 12.1 Å². The van der Waals surface area contributed by atoms with Gasteiger partial charge in [-0.2, -0.15) is 0 Å². The number of hydrogen-bond acceptors (Lipinski definition) is 8. The molecule has 0 aliphatic heterocycles. The highest BCUT2D eigenvalue weighted by Crippen LogP contribution is 2.28. The Morgan fingerprint density at radius 1 is 1.00 bits per heavy atom. The predicted molar refractivity (Wildman–Crippen MR) is 82.1 cm³/mol. The number of carboxylic acids is 1. The van der Waals surface area contributed by atoms with E-state index in [-0.39, 0.29) is 22.9 Å². The zero-order valence-electron chi connectivity index (χ0n) is 11.7. The van der Waals surface area contributed by atoms with Gasteiger partial charge in [-0.15, -0.1) is 10.2 Å². The Bertz CT molecular complexity index is 866. The van der Waals surface area contributed by atoms with E-state index in [0.29, 0.717) is 17.0 Å². The Morgan fingerprint density at radius 3 is 2.26 bits per heavy atom. The first kappa shape index (κ1) is 14.3. The Labute approximate surface area is 130 Å². The van der Waals surface area contributed by atoms with Crippen molar-refractivity contribution in [1.29, 1.82) is 0 Å². The molecule has 3 aromatic rings. The SMILES string of the molecule is Nc1nc(-c2cncnn2)c(N)nc1-c1ccc(C(=O)O)cc1. The summed E-state index contributed by atoms with van der Waals surface area (Å²) >= 11 is 0. The lowest BCUT2D eigenvalue weighted by atomic mass is 10.1. The molecule has 23 heavy (non-hydrogen) atoms. The van der Waals surface area contributed by atoms with Crippen LogP contribution in [0.5, 0.6) is 0 Å². The van der Waals surface area contributed by atoms with Crippen LogP contribution in [0.15, 0.2) is 36.8 Å². The van der Waals surface area contributed by atoms with E-state index in [9.17, 15) is 4.79 Å². The van der Waals surface area contributed by atoms with E-state index < -0.39 is 5.97 Å². The number of hydrogen-bond donors (Lipinski definition) is 3. The van der Waals surface area contributed by atoms with Gasteiger partial charge in [-0.05, 0) is 12.1 Å². The number of nitrogen functional groups attached to an aromatic ring is 2. The first-order valence-corrected chi connectivity index (χ1v) is 6.46. The fraction of sp³-hybridized carbons (Fsp3) is 0. The first-order chi connectivity index (χ1) is 11.1. The second-order valence-corrected chi connectivity index (χ2v) is 4.57. The molecule has 1 aromatic carbocycles. The van der Waals surface area contributed by atoms with Gasteiger partial charge in [0.25, 0.3) is 0 Å². The quantitative estimate of drug-likeness (QED) is 0.638. The number of carboxylic acid groups (broad SMARTS) is 1. The highest BCUT2D eigenvalue weighted by atomic mass is 16.4. The summed E-state index contributed by atoms with van der Waals surface area (Å²) in [5.74, 6) is -0.748. The number of aromatic nitrogens is 5. The van der Waals surface area contributed by atoms with Gasteiger partial charge >= 0.3 is 5.97 Å². The van der Waals surface area contributed by atoms with Crippen LogP contribution in [-0.4, -0.2) is 36.2 Å². The minimum absolute atomic E-state index is 0.124. The molecule has 0 radical (unpaired) electrons. The van der Waals surface area contributed by atoms with Crippen molar-refractivity contribution in [1.82, 2.24) is 25.1 Å². The van der Waals surface area contributed by atoms with Crippen molar-refractivity contribution < 1.29 is 9.90 Å². The lowest BCUT2D eigenvalue weighted by Crippen LogP contribution is -2.06. The van der Waals surface area contributed by atoms with E-state index in [2.05, 4.69) is 25.1 Å². The molecule has 114 valence electrons. The molecule has 0 fully saturated rings. The molecule has 0 saturated carbocycles. The molecule has 2 heterocycles. The van der Waals surface area contributed by atoms with Crippen molar-refractivity contribution in [2.24, 2.45) is 0 Å². The van der Waals surface area contributed by atoms with Crippen molar-refractivity contribution in [2.45, 2.75) is 0 Å². The third-order valence-electron chi connectivity index (χ3n) is 3.08. The van der Waals surface area contributed by atoms with E-state index in [1.807, 2.05) is 0 Å². The van der Waals surface area contributed by atoms with Crippen molar-refractivity contribution in [3.63, 3.8) is 0 Å². The summed E-state index contributed by atoms with van der Waals surface area (Å²) in [5.41, 5.74) is 13.6. The Hall–Kier alpha value is -3.62. The molecular weight excluding hydrogens is 298 g/mol. The summed E-state index contributed by atoms with van der Waals surface area (Å²) in [7, 11) is 0. The molecule has 0 bridgehead atoms. The molecule has 0 aliphatic carbocycles. The Kier molecular flexibility index (Phi) is 3.51. The van der Waals surface area contributed by atoms with Crippen LogP contribution in [0.1, 0.15) is 10.4 Å². The predicted octanol–water partition coefficient (Wildman–Crippen LogP) is 0.858. The molecule has 5 N–H and O–H groups in total. The van der Waals surface area contributed by atoms with Crippen LogP contribution in [-0.2, 0) is 0 Å². The molecule has 3 rings (SSSR count). The largest absolute Gasteiger partial charge is 0.478 e. The van der Waals surface area contributed by atoms with Crippen molar-refractivity contribution >= 4 is 17.6 Å². The smallest absolute Gasteiger partial charge is 0.335 e. The van der Waals surface area contributed by atoms with E-state index in [1.54, 1.807) is 12.1 Å². The zero-order chi connectivity index (χ0) is 16.4. The van der Waals surface area contributed by atoms with Crippen LogP contribution in [0.2, 0.25) is 0 Å². The highest BCUT2D eigenvalue weighted by molar-refractivity contribution is 5.88. The number of anilines is 2. The van der Waals surface area contributed by atoms with Crippen molar-refractivity contribution in [2.75, 3.05) is 11.5 Å². The van der Waals surface area contributed by atoms with E-state index in [1.165, 1.54) is 24.7 Å². The van der Waals surface area contributed by atoms with Gasteiger partial charge < -0.3 is 16.6 Å². The summed E-state index contributed by atoms with van der Waals surface area (Å²) in [6, 6.07) is 6.09. The Morgan fingerprint density at radius 2 is 1.65 bits per heavy atom. The lowest BCUT2D eigenvalue weighted by Gasteiger charge is -2.09. The van der Waals surface area contributed by atoms with Gasteiger partial charge in [0.2, 0.25) is 0 Å². The summed E-state index contributed by atoms with van der Waals surface area (Å²) in [6.45, 7) is 0. The van der Waals surface area contributed by atoms with Crippen LogP contribution < -0.4 is 11.5 Å². The molecule has 0 aliphatic rings. The molecule has 9 nitrogen and oxygen atoms in total. The van der Waals surface area contributed by atoms with Crippen molar-refractivity contribution in [3.05, 3.63) is 42.4 Å². The molecule has 0 saturated heterocycles. The van der Waals surface area contributed by atoms with Crippen molar-refractivity contribution in [3.8, 4) is 22.6 Å². The summed E-state index contributed by atoms with van der Waals surface area (Å²) in [6.07, 6.45) is 2.74. The monoisotopic (exact) mass is 309 g/mol. The summed E-state index contributed by atoms with van der Waals surface area (Å²) in [5, 5.41) is 16.4. The first-order valence-electron chi connectivity index (χ1n) is 6.46. The molecule has 0 amide bonds. The molecule has 0 spiro atoms. The normalized spacial score (nSPS) is 10.4. The van der Waals surface area contributed by atoms with E-state index >= 15 is 0 Å². The number of benzene rings is 1. The summed E-state index contributed by atoms with van der Waals surface area (Å²) < 4.78 is 0. The van der Waals surface area contributed by atoms with E-state index in [4.69, 9.17) is 16.6 Å². The van der Waals surface area contributed by atoms with Crippen LogP contribution >= 0.6 is 0 Å². The van der Waals surface area contributed by atoms with Crippen LogP contribution in [0.25, 0.3) is 22.6 Å². The topological polar surface area (TPSA) is 154 Å². The average molecular weight is 309 g/mol. The van der Waals surface area contributed by atoms with Gasteiger partial charge in [-0.25, -0.2) is 19.7 Å². The van der Waals surface area contributed by atoms with Crippen LogP contribution in [0.4, 0.5) is 11.6 Å². The maximum atomic E-state index is 10.9. The van der Waals surface area contributed by atoms with Gasteiger partial charge in [0.1, 0.15) is 23.4 Å². The number of nitrogens with two attached hydrogens (primary N) is 2. The fourth-order valence-electron chi connectivity index (χ4n) is 1.99. The third kappa shape index (κ3) is 2.75. The van der Waals surface area contributed by atoms with Gasteiger partial charge in [0.15, 0.2) is 11.6 Å². The second-order valence-electron chi connectivity index (χ2n) is 4.57. The molecule has 0 atom stereocenters. The average Bonchev–Trinajstić information content (AvgIpc) is 2.57. The van der Waals surface area contributed by atoms with Crippen LogP contribution in [0, 0.1) is 0 Å². The minimum atomic E-state index is -1.01. The molecule has 0 unspecified atom stereocenters. The fourth-order valence-corrected chi connectivity index (χ4v) is 1.99. The lowest BCUT2D eigenvalue weighted by molar-refractivity contribution is 0.0697. The maximum Gasteiger partial charge on any atom is 0.335 e. The minimum Gasteiger partial charge on any atom is -0.478 e. The number of nitrogens with zero attached hydrogens (tertiary/aromatic N) is 5. The maximum absolute atomic E-state index is 10.9. The number of carbonyl (C=O) groups is 1. The summed E-state index contributed by atoms with van der Waals surface area (Å²) in [4.78, 5) is 23.2. The molecular formula is C14H11N7O2. The molecule has 2 aromatic heterocycles. The van der Waals surface area contributed by atoms with Gasteiger partial charge in [0.05, 0.1) is 11.8 Å². The second kappa shape index (κ2) is 5.64. The standard InChI is InChI=1S/C14H11N7O2/c15-12-10(7-1-3-8(4-2-7)14(22)23)19-13(16)11(20-12)9-5-17-6-18-21-9/h1-6H,(H2,15,20)(H2,16,19)(H,22,23). The zero-order valence-corrected chi connectivity index (χ0v) is 11.7. The number of rotatable bonds is 3. The molecule has 9 heteroatoms. The highest BCUT2D eigenvalue weighted by Gasteiger charge is 2.15. The Balaban J connectivity index is 2.05.